The number of ether oxygens (including phenoxy) is 2. The van der Waals surface area contributed by atoms with E-state index in [1.165, 1.54) is 12.4 Å². The first kappa shape index (κ1) is 26.3. The molecule has 2 aliphatic heterocycles. The number of piperidine rings is 1. The van der Waals surface area contributed by atoms with Crippen LogP contribution in [0.15, 0.2) is 11.4 Å². The number of thiophene rings is 1. The zero-order valence-electron chi connectivity index (χ0n) is 19.1. The van der Waals surface area contributed by atoms with Crippen LogP contribution in [0.5, 0.6) is 0 Å². The summed E-state index contributed by atoms with van der Waals surface area (Å²) < 4.78 is 87.3. The number of alkyl halides is 6. The van der Waals surface area contributed by atoms with Crippen LogP contribution in [-0.2, 0) is 15.7 Å². The van der Waals surface area contributed by atoms with Crippen molar-refractivity contribution in [3.05, 3.63) is 22.6 Å². The molecule has 0 spiro atoms. The highest BCUT2D eigenvalue weighted by Gasteiger charge is 2.42. The highest BCUT2D eigenvalue weighted by Crippen LogP contribution is 2.41. The van der Waals surface area contributed by atoms with Crippen molar-refractivity contribution < 1.29 is 45.4 Å². The normalized spacial score (nSPS) is 21.4. The van der Waals surface area contributed by atoms with Crippen molar-refractivity contribution in [1.29, 1.82) is 0 Å². The summed E-state index contributed by atoms with van der Waals surface area (Å²) in [6.07, 6.45) is -11.7. The van der Waals surface area contributed by atoms with Gasteiger partial charge < -0.3 is 19.9 Å². The smallest absolute Gasteiger partial charge is 0.446 e. The molecule has 2 aliphatic rings. The Bertz CT molecular complexity index is 1150. The number of pyridine rings is 1. The van der Waals surface area contributed by atoms with E-state index in [2.05, 4.69) is 15.0 Å². The summed E-state index contributed by atoms with van der Waals surface area (Å²) in [5.74, 6) is -0.810. The summed E-state index contributed by atoms with van der Waals surface area (Å²) in [5, 5.41) is 3.73. The molecule has 15 heteroatoms. The Kier molecular flexibility index (Phi) is 6.98. The summed E-state index contributed by atoms with van der Waals surface area (Å²) in [4.78, 5) is 31.5. The number of halogens is 6. The van der Waals surface area contributed by atoms with Crippen molar-refractivity contribution >= 4 is 39.4 Å². The summed E-state index contributed by atoms with van der Waals surface area (Å²) >= 11 is 0.792. The van der Waals surface area contributed by atoms with E-state index >= 15 is 0 Å². The molecule has 0 saturated carbocycles. The maximum atomic E-state index is 13.8. The van der Waals surface area contributed by atoms with Crippen LogP contribution >= 0.6 is 11.3 Å². The average Bonchev–Trinajstić information content (AvgIpc) is 3.18. The molecule has 1 N–H and O–H groups in total. The standard InChI is InChI=1S/C21H22F6N4O4S/c1-10-6-30(4-3-14(10)34-19(33)31-7-11(8-31)35-21(25,26)27)15-5-13(20(22,23)24)17-16(29-15)12(9-36-17)18(32)28-2/h5,9-11,14H,3-4,6-8H2,1-2H3,(H,28,32)/t10-,14-/m1/s1. The van der Waals surface area contributed by atoms with Crippen LogP contribution in [0.2, 0.25) is 0 Å². The lowest BCUT2D eigenvalue weighted by Gasteiger charge is -2.41. The Labute approximate surface area is 205 Å². The highest BCUT2D eigenvalue weighted by atomic mass is 32.1. The molecular formula is C21H22F6N4O4S. The second kappa shape index (κ2) is 9.57. The summed E-state index contributed by atoms with van der Waals surface area (Å²) in [6, 6.07) is 0.951. The minimum atomic E-state index is -4.78. The van der Waals surface area contributed by atoms with Crippen LogP contribution in [0.3, 0.4) is 0 Å². The van der Waals surface area contributed by atoms with Crippen molar-refractivity contribution in [2.75, 3.05) is 38.1 Å². The minimum absolute atomic E-state index is 0.0428. The third-order valence-electron chi connectivity index (χ3n) is 6.10. The van der Waals surface area contributed by atoms with Crippen molar-refractivity contribution in [3.63, 3.8) is 0 Å². The first-order valence-electron chi connectivity index (χ1n) is 10.9. The third-order valence-corrected chi connectivity index (χ3v) is 7.10. The molecule has 0 radical (unpaired) electrons. The first-order chi connectivity index (χ1) is 16.8. The van der Waals surface area contributed by atoms with E-state index in [1.807, 2.05) is 0 Å². The molecule has 0 aromatic carbocycles. The Balaban J connectivity index is 1.45. The number of aromatic nitrogens is 1. The molecule has 8 nitrogen and oxygen atoms in total. The van der Waals surface area contributed by atoms with Crippen molar-refractivity contribution in [1.82, 2.24) is 15.2 Å². The van der Waals surface area contributed by atoms with E-state index in [1.54, 1.807) is 11.8 Å². The molecule has 2 amide bonds. The summed E-state index contributed by atoms with van der Waals surface area (Å²) in [7, 11) is 1.37. The maximum Gasteiger partial charge on any atom is 0.522 e. The summed E-state index contributed by atoms with van der Waals surface area (Å²) in [6.45, 7) is 1.69. The van der Waals surface area contributed by atoms with Gasteiger partial charge in [0.25, 0.3) is 5.91 Å². The second-order valence-electron chi connectivity index (χ2n) is 8.66. The molecule has 0 aliphatic carbocycles. The van der Waals surface area contributed by atoms with Crippen molar-refractivity contribution in [2.24, 2.45) is 5.92 Å². The first-order valence-corrected chi connectivity index (χ1v) is 11.8. The molecule has 2 atom stereocenters. The predicted molar refractivity (Wildman–Crippen MR) is 117 cm³/mol. The van der Waals surface area contributed by atoms with Crippen LogP contribution in [0.25, 0.3) is 10.2 Å². The topological polar surface area (TPSA) is 84.0 Å². The lowest BCUT2D eigenvalue weighted by molar-refractivity contribution is -0.353. The van der Waals surface area contributed by atoms with Gasteiger partial charge in [0.1, 0.15) is 18.0 Å². The fourth-order valence-electron chi connectivity index (χ4n) is 4.23. The number of nitrogens with zero attached hydrogens (tertiary/aromatic N) is 3. The van der Waals surface area contributed by atoms with E-state index in [9.17, 15) is 35.9 Å². The molecule has 2 aromatic rings. The van der Waals surface area contributed by atoms with Crippen molar-refractivity contribution in [2.45, 2.75) is 38.1 Å². The van der Waals surface area contributed by atoms with Gasteiger partial charge in [-0.2, -0.15) is 13.2 Å². The molecule has 4 rings (SSSR count). The van der Waals surface area contributed by atoms with Gasteiger partial charge in [-0.15, -0.1) is 24.5 Å². The number of hydrogen-bond acceptors (Lipinski definition) is 7. The van der Waals surface area contributed by atoms with E-state index in [0.717, 1.165) is 22.3 Å². The predicted octanol–water partition coefficient (Wildman–Crippen LogP) is 4.25. The minimum Gasteiger partial charge on any atom is -0.446 e. The summed E-state index contributed by atoms with van der Waals surface area (Å²) in [5.41, 5.74) is -0.889. The molecule has 2 aromatic heterocycles. The number of likely N-dealkylation sites (tertiary alicyclic amines) is 1. The Morgan fingerprint density at radius 2 is 1.86 bits per heavy atom. The molecule has 0 unspecified atom stereocenters. The van der Waals surface area contributed by atoms with Crippen LogP contribution in [-0.4, -0.2) is 73.7 Å². The van der Waals surface area contributed by atoms with Crippen LogP contribution in [0.1, 0.15) is 29.3 Å². The van der Waals surface area contributed by atoms with Gasteiger partial charge in [-0.3, -0.25) is 9.53 Å². The van der Waals surface area contributed by atoms with Crippen LogP contribution in [0, 0.1) is 5.92 Å². The molecule has 0 bridgehead atoms. The molecule has 4 heterocycles. The Morgan fingerprint density at radius 1 is 1.17 bits per heavy atom. The zero-order valence-corrected chi connectivity index (χ0v) is 19.9. The van der Waals surface area contributed by atoms with Gasteiger partial charge in [-0.1, -0.05) is 6.92 Å². The van der Waals surface area contributed by atoms with Gasteiger partial charge in [-0.05, 0) is 6.07 Å². The largest absolute Gasteiger partial charge is 0.522 e. The SMILES string of the molecule is CNC(=O)c1csc2c(C(F)(F)F)cc(N3CC[C@@H](OC(=O)N4CC(OC(F)(F)F)C4)[C@H](C)C3)nc12. The van der Waals surface area contributed by atoms with Gasteiger partial charge in [0.2, 0.25) is 0 Å². The number of anilines is 1. The maximum absolute atomic E-state index is 13.8. The van der Waals surface area contributed by atoms with Gasteiger partial charge in [0, 0.05) is 37.9 Å². The van der Waals surface area contributed by atoms with Crippen LogP contribution in [0.4, 0.5) is 37.0 Å². The average molecular weight is 540 g/mol. The number of carbonyl (C=O) groups is 2. The lowest BCUT2D eigenvalue weighted by atomic mass is 9.96. The molecule has 36 heavy (non-hydrogen) atoms. The number of rotatable bonds is 4. The number of hydrogen-bond donors (Lipinski definition) is 1. The van der Waals surface area contributed by atoms with Crippen molar-refractivity contribution in [3.8, 4) is 0 Å². The van der Waals surface area contributed by atoms with Gasteiger partial charge >= 0.3 is 18.6 Å². The van der Waals surface area contributed by atoms with E-state index in [4.69, 9.17) is 4.74 Å². The van der Waals surface area contributed by atoms with Crippen LogP contribution < -0.4 is 10.2 Å². The number of fused-ring (bicyclic) bond motifs is 1. The quantitative estimate of drug-likeness (QED) is 0.584. The highest BCUT2D eigenvalue weighted by molar-refractivity contribution is 7.17. The second-order valence-corrected chi connectivity index (χ2v) is 9.54. The fraction of sp³-hybridized carbons (Fsp3) is 0.571. The fourth-order valence-corrected chi connectivity index (χ4v) is 5.25. The Morgan fingerprint density at radius 3 is 2.44 bits per heavy atom. The Hall–Kier alpha value is -2.81. The van der Waals surface area contributed by atoms with Gasteiger partial charge in [0.15, 0.2) is 0 Å². The number of nitrogens with one attached hydrogen (secondary N) is 1. The molecule has 2 fully saturated rings. The lowest BCUT2D eigenvalue weighted by Crippen LogP contribution is -2.57. The van der Waals surface area contributed by atoms with E-state index < -0.39 is 42.3 Å². The zero-order chi connectivity index (χ0) is 26.4. The van der Waals surface area contributed by atoms with Gasteiger partial charge in [-0.25, -0.2) is 9.78 Å². The molecule has 2 saturated heterocycles. The number of amides is 2. The monoisotopic (exact) mass is 540 g/mol. The molecular weight excluding hydrogens is 518 g/mol. The third kappa shape index (κ3) is 5.45. The molecule has 198 valence electrons. The number of carbonyl (C=O) groups excluding carboxylic acids is 2. The van der Waals surface area contributed by atoms with E-state index in [-0.39, 0.29) is 60.1 Å². The van der Waals surface area contributed by atoms with Gasteiger partial charge in [0.05, 0.1) is 34.4 Å². The van der Waals surface area contributed by atoms with E-state index in [0.29, 0.717) is 0 Å².